The maximum atomic E-state index is 13.2. The van der Waals surface area contributed by atoms with Crippen LogP contribution in [0.3, 0.4) is 0 Å². The van der Waals surface area contributed by atoms with Crippen molar-refractivity contribution >= 4 is 15.9 Å². The van der Waals surface area contributed by atoms with Crippen molar-refractivity contribution in [1.82, 2.24) is 10.2 Å². The first-order chi connectivity index (χ1) is 12.3. The van der Waals surface area contributed by atoms with Crippen LogP contribution in [0.5, 0.6) is 5.88 Å². The van der Waals surface area contributed by atoms with E-state index in [0.717, 1.165) is 5.56 Å². The van der Waals surface area contributed by atoms with Gasteiger partial charge in [0.05, 0.1) is 5.56 Å². The minimum atomic E-state index is -4.15. The second kappa shape index (κ2) is 6.72. The van der Waals surface area contributed by atoms with Crippen LogP contribution in [0.15, 0.2) is 53.4 Å². The van der Waals surface area contributed by atoms with Gasteiger partial charge in [-0.2, -0.15) is 8.42 Å². The molecule has 0 saturated heterocycles. The third-order valence-electron chi connectivity index (χ3n) is 3.72. The van der Waals surface area contributed by atoms with Gasteiger partial charge < -0.3 is 4.18 Å². The molecule has 0 spiro atoms. The number of benzene rings is 2. The summed E-state index contributed by atoms with van der Waals surface area (Å²) in [6, 6.07) is 11.3. The molecule has 134 valence electrons. The smallest absolute Gasteiger partial charge is 0.340 e. The van der Waals surface area contributed by atoms with Gasteiger partial charge in [0.25, 0.3) is 5.88 Å². The summed E-state index contributed by atoms with van der Waals surface area (Å²) >= 11 is 0. The van der Waals surface area contributed by atoms with E-state index in [2.05, 4.69) is 10.2 Å². The molecule has 0 amide bonds. The summed E-state index contributed by atoms with van der Waals surface area (Å²) in [4.78, 5) is 11.8. The maximum Gasteiger partial charge on any atom is 0.340 e. The van der Waals surface area contributed by atoms with Gasteiger partial charge in [0.2, 0.25) is 0 Å². The predicted molar refractivity (Wildman–Crippen MR) is 93.0 cm³/mol. The van der Waals surface area contributed by atoms with Crippen molar-refractivity contribution in [2.75, 3.05) is 0 Å². The second-order valence-electron chi connectivity index (χ2n) is 5.69. The number of aryl methyl sites for hydroxylation is 1. The van der Waals surface area contributed by atoms with E-state index in [9.17, 15) is 17.6 Å². The van der Waals surface area contributed by atoms with Crippen LogP contribution in [0.1, 0.15) is 23.0 Å². The highest BCUT2D eigenvalue weighted by molar-refractivity contribution is 7.87. The average molecular weight is 374 g/mol. The van der Waals surface area contributed by atoms with Gasteiger partial charge in [0, 0.05) is 6.92 Å². The zero-order chi connectivity index (χ0) is 18.9. The summed E-state index contributed by atoms with van der Waals surface area (Å²) in [6.45, 7) is 3.13. The van der Waals surface area contributed by atoms with Crippen molar-refractivity contribution in [3.05, 3.63) is 65.6 Å². The fraction of sp³-hybridized carbons (Fsp3) is 0.111. The maximum absolute atomic E-state index is 13.2. The van der Waals surface area contributed by atoms with Crippen molar-refractivity contribution in [1.29, 1.82) is 0 Å². The van der Waals surface area contributed by atoms with E-state index in [0.29, 0.717) is 5.56 Å². The van der Waals surface area contributed by atoms with Gasteiger partial charge in [-0.25, -0.2) is 4.39 Å². The number of Topliss-reactive ketones (excluding diaryl/α,β-unsaturated/α-hetero) is 1. The molecule has 1 heterocycles. The zero-order valence-corrected chi connectivity index (χ0v) is 14.8. The minimum Gasteiger partial charge on any atom is -0.356 e. The predicted octanol–water partition coefficient (Wildman–Crippen LogP) is 3.49. The first-order valence-electron chi connectivity index (χ1n) is 7.64. The van der Waals surface area contributed by atoms with Crippen molar-refractivity contribution < 1.29 is 21.8 Å². The molecule has 3 aromatic rings. The van der Waals surface area contributed by atoms with Crippen molar-refractivity contribution in [3.8, 4) is 17.0 Å². The van der Waals surface area contributed by atoms with Gasteiger partial charge in [0.15, 0.2) is 5.78 Å². The molecule has 0 aliphatic heterocycles. The number of hydrogen-bond acceptors (Lipinski definition) is 5. The number of aromatic nitrogens is 2. The van der Waals surface area contributed by atoms with E-state index in [1.165, 1.54) is 43.3 Å². The lowest BCUT2D eigenvalue weighted by atomic mass is 10.0. The molecule has 0 fully saturated rings. The Hall–Kier alpha value is -3.00. The first kappa shape index (κ1) is 17.8. The molecule has 0 saturated carbocycles. The largest absolute Gasteiger partial charge is 0.356 e. The quantitative estimate of drug-likeness (QED) is 0.545. The third kappa shape index (κ3) is 3.50. The van der Waals surface area contributed by atoms with E-state index in [4.69, 9.17) is 4.18 Å². The molecular weight excluding hydrogens is 359 g/mol. The SMILES string of the molecule is CC(=O)c1[nH]nc(OS(=O)(=O)c2ccc(C)cc2)c1-c1ccc(F)cc1. The molecule has 3 rings (SSSR count). The Morgan fingerprint density at radius 3 is 2.27 bits per heavy atom. The van der Waals surface area contributed by atoms with E-state index < -0.39 is 15.9 Å². The molecule has 0 atom stereocenters. The first-order valence-corrected chi connectivity index (χ1v) is 9.05. The van der Waals surface area contributed by atoms with Crippen LogP contribution in [0.4, 0.5) is 4.39 Å². The number of nitrogens with one attached hydrogen (secondary N) is 1. The van der Waals surface area contributed by atoms with E-state index in [-0.39, 0.29) is 27.8 Å². The number of nitrogens with zero attached hydrogens (tertiary/aromatic N) is 1. The van der Waals surface area contributed by atoms with Crippen molar-refractivity contribution in [2.24, 2.45) is 0 Å². The third-order valence-corrected chi connectivity index (χ3v) is 4.94. The van der Waals surface area contributed by atoms with Crippen LogP contribution in [0, 0.1) is 12.7 Å². The normalized spacial score (nSPS) is 11.3. The fourth-order valence-corrected chi connectivity index (χ4v) is 3.28. The Kier molecular flexibility index (Phi) is 4.60. The average Bonchev–Trinajstić information content (AvgIpc) is 2.99. The topological polar surface area (TPSA) is 89.1 Å². The number of carbonyl (C=O) groups is 1. The van der Waals surface area contributed by atoms with Gasteiger partial charge in [-0.1, -0.05) is 29.8 Å². The lowest BCUT2D eigenvalue weighted by molar-refractivity contribution is 0.101. The lowest BCUT2D eigenvalue weighted by Crippen LogP contribution is -2.10. The van der Waals surface area contributed by atoms with E-state index in [1.807, 2.05) is 6.92 Å². The Morgan fingerprint density at radius 1 is 1.08 bits per heavy atom. The number of ketones is 1. The molecule has 0 aliphatic carbocycles. The van der Waals surface area contributed by atoms with Crippen LogP contribution in [0.2, 0.25) is 0 Å². The molecule has 0 radical (unpaired) electrons. The molecule has 0 unspecified atom stereocenters. The highest BCUT2D eigenvalue weighted by atomic mass is 32.2. The zero-order valence-electron chi connectivity index (χ0n) is 14.0. The Labute approximate surface area is 149 Å². The van der Waals surface area contributed by atoms with Gasteiger partial charge >= 0.3 is 10.1 Å². The molecule has 2 aromatic carbocycles. The summed E-state index contributed by atoms with van der Waals surface area (Å²) in [7, 11) is -4.15. The summed E-state index contributed by atoms with van der Waals surface area (Å²) in [5.74, 6) is -1.10. The fourth-order valence-electron chi connectivity index (χ4n) is 2.38. The van der Waals surface area contributed by atoms with Crippen molar-refractivity contribution in [3.63, 3.8) is 0 Å². The van der Waals surface area contributed by atoms with Crippen LogP contribution in [0.25, 0.3) is 11.1 Å². The summed E-state index contributed by atoms with van der Waals surface area (Å²) in [5, 5.41) is 6.31. The molecular formula is C18H15FN2O4S. The van der Waals surface area contributed by atoms with Gasteiger partial charge in [-0.15, -0.1) is 5.10 Å². The number of carbonyl (C=O) groups excluding carboxylic acids is 1. The standard InChI is InChI=1S/C18H15FN2O4S/c1-11-3-9-15(10-4-11)26(23,24)25-18-16(17(12(2)22)20-21-18)13-5-7-14(19)8-6-13/h3-10H,1-2H3,(H,20,21). The second-order valence-corrected chi connectivity index (χ2v) is 7.24. The molecule has 8 heteroatoms. The van der Waals surface area contributed by atoms with Crippen LogP contribution < -0.4 is 4.18 Å². The Bertz CT molecular complexity index is 1060. The Balaban J connectivity index is 2.07. The summed E-state index contributed by atoms with van der Waals surface area (Å²) < 4.78 is 43.4. The van der Waals surface area contributed by atoms with Crippen LogP contribution >= 0.6 is 0 Å². The number of hydrogen-bond donors (Lipinski definition) is 1. The van der Waals surface area contributed by atoms with E-state index in [1.54, 1.807) is 12.1 Å². The highest BCUT2D eigenvalue weighted by Gasteiger charge is 2.25. The molecule has 0 bridgehead atoms. The lowest BCUT2D eigenvalue weighted by Gasteiger charge is -2.08. The van der Waals surface area contributed by atoms with E-state index >= 15 is 0 Å². The molecule has 1 N–H and O–H groups in total. The molecule has 6 nitrogen and oxygen atoms in total. The monoisotopic (exact) mass is 374 g/mol. The summed E-state index contributed by atoms with van der Waals surface area (Å²) in [5.41, 5.74) is 1.54. The van der Waals surface area contributed by atoms with Crippen LogP contribution in [-0.4, -0.2) is 24.4 Å². The highest BCUT2D eigenvalue weighted by Crippen LogP contribution is 2.33. The van der Waals surface area contributed by atoms with Gasteiger partial charge in [-0.05, 0) is 36.8 Å². The molecule has 26 heavy (non-hydrogen) atoms. The molecule has 0 aliphatic rings. The molecule has 1 aromatic heterocycles. The van der Waals surface area contributed by atoms with Crippen molar-refractivity contribution in [2.45, 2.75) is 18.7 Å². The minimum absolute atomic E-state index is 0.0412. The summed E-state index contributed by atoms with van der Waals surface area (Å²) in [6.07, 6.45) is 0. The van der Waals surface area contributed by atoms with Gasteiger partial charge in [-0.3, -0.25) is 9.89 Å². The number of H-pyrrole nitrogens is 1. The number of aromatic amines is 1. The van der Waals surface area contributed by atoms with Gasteiger partial charge in [0.1, 0.15) is 16.4 Å². The Morgan fingerprint density at radius 2 is 1.69 bits per heavy atom. The number of halogens is 1. The number of rotatable bonds is 5. The van der Waals surface area contributed by atoms with Crippen LogP contribution in [-0.2, 0) is 10.1 Å².